The van der Waals surface area contributed by atoms with Crippen molar-refractivity contribution >= 4 is 21.8 Å². The van der Waals surface area contributed by atoms with Gasteiger partial charge in [0.05, 0.1) is 6.42 Å². The Balaban J connectivity index is 2.52. The predicted molar refractivity (Wildman–Crippen MR) is 70.6 cm³/mol. The Hall–Kier alpha value is -0.970. The lowest BCUT2D eigenvalue weighted by Crippen LogP contribution is -2.35. The maximum atomic E-state index is 12.9. The van der Waals surface area contributed by atoms with E-state index in [1.807, 2.05) is 13.8 Å². The van der Waals surface area contributed by atoms with Gasteiger partial charge in [-0.1, -0.05) is 35.8 Å². The highest BCUT2D eigenvalue weighted by Gasteiger charge is 2.17. The predicted octanol–water partition coefficient (Wildman–Crippen LogP) is 3.04. The molecule has 2 nitrogen and oxygen atoms in total. The van der Waals surface area contributed by atoms with Gasteiger partial charge in [0.25, 0.3) is 0 Å². The van der Waals surface area contributed by atoms with E-state index in [4.69, 9.17) is 0 Å². The molecule has 0 spiro atoms. The summed E-state index contributed by atoms with van der Waals surface area (Å²) >= 11 is 3.36. The van der Waals surface area contributed by atoms with Crippen molar-refractivity contribution < 1.29 is 13.6 Å². The Morgan fingerprint density at radius 2 is 2.00 bits per heavy atom. The summed E-state index contributed by atoms with van der Waals surface area (Å²) < 4.78 is 25.7. The van der Waals surface area contributed by atoms with Crippen LogP contribution in [0.3, 0.4) is 0 Å². The molecule has 0 unspecified atom stereocenters. The van der Waals surface area contributed by atoms with Crippen LogP contribution in [0, 0.1) is 17.0 Å². The van der Waals surface area contributed by atoms with Gasteiger partial charge in [0.2, 0.25) is 5.91 Å². The molecule has 5 heteroatoms. The lowest BCUT2D eigenvalue weighted by molar-refractivity contribution is -0.120. The fraction of sp³-hybridized carbons (Fsp3) is 0.462. The topological polar surface area (TPSA) is 29.1 Å². The Labute approximate surface area is 114 Å². The van der Waals surface area contributed by atoms with Crippen molar-refractivity contribution in [3.8, 4) is 0 Å². The number of alkyl halides is 1. The van der Waals surface area contributed by atoms with Crippen molar-refractivity contribution in [3.05, 3.63) is 35.4 Å². The fourth-order valence-electron chi connectivity index (χ4n) is 1.28. The van der Waals surface area contributed by atoms with Crippen LogP contribution in [0.2, 0.25) is 0 Å². The molecular weight excluding hydrogens is 304 g/mol. The number of rotatable bonds is 5. The van der Waals surface area contributed by atoms with Crippen LogP contribution in [0.4, 0.5) is 8.78 Å². The zero-order valence-corrected chi connectivity index (χ0v) is 12.0. The highest BCUT2D eigenvalue weighted by atomic mass is 79.9. The molecule has 0 aliphatic carbocycles. The van der Waals surface area contributed by atoms with Gasteiger partial charge < -0.3 is 5.32 Å². The third-order valence-corrected chi connectivity index (χ3v) is 3.99. The maximum Gasteiger partial charge on any atom is 0.224 e. The third kappa shape index (κ3) is 4.72. The first kappa shape index (κ1) is 15.1. The molecule has 100 valence electrons. The second kappa shape index (κ2) is 6.27. The van der Waals surface area contributed by atoms with Gasteiger partial charge in [0, 0.05) is 11.9 Å². The van der Waals surface area contributed by atoms with Crippen molar-refractivity contribution in [3.63, 3.8) is 0 Å². The van der Waals surface area contributed by atoms with Gasteiger partial charge in [-0.05, 0) is 23.1 Å². The number of amides is 1. The summed E-state index contributed by atoms with van der Waals surface area (Å²) in [6, 6.07) is 3.48. The van der Waals surface area contributed by atoms with Gasteiger partial charge >= 0.3 is 0 Å². The van der Waals surface area contributed by atoms with Crippen molar-refractivity contribution in [2.45, 2.75) is 20.3 Å². The zero-order valence-electron chi connectivity index (χ0n) is 10.4. The molecule has 0 fully saturated rings. The molecule has 0 atom stereocenters. The molecule has 1 amide bonds. The van der Waals surface area contributed by atoms with Gasteiger partial charge in [-0.3, -0.25) is 4.79 Å². The standard InChI is InChI=1S/C13H16BrF2NO/c1-13(2,7-14)8-17-12(18)6-9-3-4-10(15)11(16)5-9/h3-5H,6-8H2,1-2H3,(H,17,18). The SMILES string of the molecule is CC(C)(CBr)CNC(=O)Cc1ccc(F)c(F)c1. The van der Waals surface area contributed by atoms with Crippen LogP contribution >= 0.6 is 15.9 Å². The fourth-order valence-corrected chi connectivity index (χ4v) is 1.48. The van der Waals surface area contributed by atoms with Crippen molar-refractivity contribution in [1.29, 1.82) is 0 Å². The van der Waals surface area contributed by atoms with E-state index >= 15 is 0 Å². The second-order valence-corrected chi connectivity index (χ2v) is 5.56. The molecule has 0 saturated carbocycles. The molecule has 1 rings (SSSR count). The van der Waals surface area contributed by atoms with Gasteiger partial charge in [-0.2, -0.15) is 0 Å². The molecule has 0 heterocycles. The molecule has 18 heavy (non-hydrogen) atoms. The van der Waals surface area contributed by atoms with Crippen LogP contribution in [-0.2, 0) is 11.2 Å². The van der Waals surface area contributed by atoms with E-state index < -0.39 is 11.6 Å². The molecule has 1 N–H and O–H groups in total. The molecule has 0 aliphatic rings. The Morgan fingerprint density at radius 3 is 2.56 bits per heavy atom. The van der Waals surface area contributed by atoms with E-state index in [0.717, 1.165) is 17.5 Å². The third-order valence-electron chi connectivity index (χ3n) is 2.47. The van der Waals surface area contributed by atoms with Gasteiger partial charge in [0.15, 0.2) is 11.6 Å². The van der Waals surface area contributed by atoms with Crippen LogP contribution in [0.15, 0.2) is 18.2 Å². The Morgan fingerprint density at radius 1 is 1.33 bits per heavy atom. The minimum Gasteiger partial charge on any atom is -0.355 e. The summed E-state index contributed by atoms with van der Waals surface area (Å²) in [5, 5.41) is 3.54. The molecule has 0 aliphatic heterocycles. The van der Waals surface area contributed by atoms with Crippen molar-refractivity contribution in [2.75, 3.05) is 11.9 Å². The van der Waals surface area contributed by atoms with E-state index in [1.54, 1.807) is 0 Å². The lowest BCUT2D eigenvalue weighted by atomic mass is 9.97. The number of hydrogen-bond acceptors (Lipinski definition) is 1. The summed E-state index contributed by atoms with van der Waals surface area (Å²) in [7, 11) is 0. The normalized spacial score (nSPS) is 11.4. The smallest absolute Gasteiger partial charge is 0.224 e. The van der Waals surface area contributed by atoms with Gasteiger partial charge in [-0.15, -0.1) is 0 Å². The number of carbonyl (C=O) groups excluding carboxylic acids is 1. The largest absolute Gasteiger partial charge is 0.355 e. The minimum absolute atomic E-state index is 0.0380. The van der Waals surface area contributed by atoms with E-state index in [-0.39, 0.29) is 17.7 Å². The first-order valence-corrected chi connectivity index (χ1v) is 6.73. The first-order chi connectivity index (χ1) is 8.34. The van der Waals surface area contributed by atoms with E-state index in [2.05, 4.69) is 21.2 Å². The average Bonchev–Trinajstić information content (AvgIpc) is 2.32. The molecule has 0 saturated heterocycles. The zero-order chi connectivity index (χ0) is 13.8. The van der Waals surface area contributed by atoms with Crippen LogP contribution in [-0.4, -0.2) is 17.8 Å². The molecule has 0 radical (unpaired) electrons. The van der Waals surface area contributed by atoms with Crippen LogP contribution < -0.4 is 5.32 Å². The molecule has 0 aromatic heterocycles. The monoisotopic (exact) mass is 319 g/mol. The Kier molecular flexibility index (Phi) is 5.26. The number of halogens is 3. The van der Waals surface area contributed by atoms with Gasteiger partial charge in [-0.25, -0.2) is 8.78 Å². The Bertz CT molecular complexity index is 435. The van der Waals surface area contributed by atoms with Crippen molar-refractivity contribution in [2.24, 2.45) is 5.41 Å². The molecule has 1 aromatic carbocycles. The number of nitrogens with one attached hydrogen (secondary N) is 1. The maximum absolute atomic E-state index is 12.9. The summed E-state index contributed by atoms with van der Waals surface area (Å²) in [5.74, 6) is -2.03. The summed E-state index contributed by atoms with van der Waals surface area (Å²) in [6.45, 7) is 4.56. The summed E-state index contributed by atoms with van der Waals surface area (Å²) in [6.07, 6.45) is 0.0512. The highest BCUT2D eigenvalue weighted by Crippen LogP contribution is 2.16. The number of benzene rings is 1. The van der Waals surface area contributed by atoms with Crippen LogP contribution in [0.25, 0.3) is 0 Å². The average molecular weight is 320 g/mol. The van der Waals surface area contributed by atoms with E-state index in [1.165, 1.54) is 6.07 Å². The van der Waals surface area contributed by atoms with Crippen LogP contribution in [0.1, 0.15) is 19.4 Å². The van der Waals surface area contributed by atoms with Crippen molar-refractivity contribution in [1.82, 2.24) is 5.32 Å². The second-order valence-electron chi connectivity index (χ2n) is 5.00. The first-order valence-electron chi connectivity index (χ1n) is 5.61. The number of carbonyl (C=O) groups is 1. The summed E-state index contributed by atoms with van der Waals surface area (Å²) in [5.41, 5.74) is 0.423. The van der Waals surface area contributed by atoms with Crippen LogP contribution in [0.5, 0.6) is 0 Å². The molecule has 1 aromatic rings. The quantitative estimate of drug-likeness (QED) is 0.830. The molecule has 0 bridgehead atoms. The summed E-state index contributed by atoms with van der Waals surface area (Å²) in [4.78, 5) is 11.6. The van der Waals surface area contributed by atoms with E-state index in [9.17, 15) is 13.6 Å². The molecular formula is C13H16BrF2NO. The lowest BCUT2D eigenvalue weighted by Gasteiger charge is -2.21. The minimum atomic E-state index is -0.930. The highest BCUT2D eigenvalue weighted by molar-refractivity contribution is 9.09. The van der Waals surface area contributed by atoms with E-state index in [0.29, 0.717) is 12.1 Å². The van der Waals surface area contributed by atoms with Gasteiger partial charge in [0.1, 0.15) is 0 Å². The number of hydrogen-bond donors (Lipinski definition) is 1.